The molecule has 0 unspecified atom stereocenters. The fourth-order valence-corrected chi connectivity index (χ4v) is 2.24. The molecule has 1 atom stereocenters. The minimum absolute atomic E-state index is 0.0190. The molecular formula is C12H10N6O. The maximum Gasteiger partial charge on any atom is 0.249 e. The second kappa shape index (κ2) is 3.91. The molecule has 0 spiro atoms. The van der Waals surface area contributed by atoms with Crippen LogP contribution < -0.4 is 5.32 Å². The smallest absolute Gasteiger partial charge is 0.249 e. The van der Waals surface area contributed by atoms with E-state index >= 15 is 0 Å². The first-order valence-electron chi connectivity index (χ1n) is 5.94. The van der Waals surface area contributed by atoms with Gasteiger partial charge in [-0.05, 0) is 11.6 Å². The maximum absolute atomic E-state index is 5.30. The van der Waals surface area contributed by atoms with Crippen LogP contribution in [0.4, 0.5) is 5.69 Å². The van der Waals surface area contributed by atoms with E-state index in [0.717, 1.165) is 12.1 Å². The number of fused-ring (bicyclic) bond motifs is 1. The third-order valence-electron chi connectivity index (χ3n) is 3.16. The molecule has 3 aromatic rings. The van der Waals surface area contributed by atoms with Gasteiger partial charge < -0.3 is 9.84 Å². The van der Waals surface area contributed by atoms with Gasteiger partial charge in [0.05, 0.1) is 6.20 Å². The molecular weight excluding hydrogens is 244 g/mol. The molecule has 0 bridgehead atoms. The average Bonchev–Trinajstić information content (AvgIpc) is 3.17. The van der Waals surface area contributed by atoms with E-state index in [9.17, 15) is 0 Å². The number of para-hydroxylation sites is 1. The van der Waals surface area contributed by atoms with Crippen LogP contribution in [0.25, 0.3) is 11.5 Å². The van der Waals surface area contributed by atoms with Gasteiger partial charge in [-0.25, -0.2) is 0 Å². The van der Waals surface area contributed by atoms with E-state index in [0.29, 0.717) is 17.4 Å². The molecule has 1 aromatic carbocycles. The lowest BCUT2D eigenvalue weighted by atomic mass is 10.1. The van der Waals surface area contributed by atoms with Gasteiger partial charge in [0.15, 0.2) is 5.69 Å². The van der Waals surface area contributed by atoms with Crippen LogP contribution in [-0.4, -0.2) is 25.6 Å². The fourth-order valence-electron chi connectivity index (χ4n) is 2.24. The summed E-state index contributed by atoms with van der Waals surface area (Å²) in [5, 5.41) is 17.5. The van der Waals surface area contributed by atoms with Crippen molar-refractivity contribution in [1.29, 1.82) is 0 Å². The van der Waals surface area contributed by atoms with Gasteiger partial charge in [0.2, 0.25) is 11.7 Å². The number of anilines is 1. The molecule has 3 heterocycles. The standard InChI is InChI=1S/C12H10N6O/c1-2-4-8-7(3-1)5-9(14-8)12-15-11(17-19-12)10-6-13-18-16-10/h1-4,6,9,14H,5H2,(H,13,16,18)/t9-/m0/s1. The molecule has 1 aliphatic heterocycles. The van der Waals surface area contributed by atoms with Crippen molar-refractivity contribution in [3.8, 4) is 11.5 Å². The van der Waals surface area contributed by atoms with Gasteiger partial charge in [0.1, 0.15) is 6.04 Å². The summed E-state index contributed by atoms with van der Waals surface area (Å²) in [5.41, 5.74) is 2.95. The van der Waals surface area contributed by atoms with E-state index in [-0.39, 0.29) is 6.04 Å². The highest BCUT2D eigenvalue weighted by atomic mass is 16.5. The number of aromatic amines is 1. The summed E-state index contributed by atoms with van der Waals surface area (Å²) in [6.45, 7) is 0. The third-order valence-corrected chi connectivity index (χ3v) is 3.16. The molecule has 0 fully saturated rings. The number of benzene rings is 1. The van der Waals surface area contributed by atoms with Gasteiger partial charge in [-0.15, -0.1) is 0 Å². The van der Waals surface area contributed by atoms with Crippen LogP contribution in [0.1, 0.15) is 17.5 Å². The summed E-state index contributed by atoms with van der Waals surface area (Å²) in [5.74, 6) is 1.01. The molecule has 2 N–H and O–H groups in total. The van der Waals surface area contributed by atoms with Gasteiger partial charge in [-0.3, -0.25) is 0 Å². The highest BCUT2D eigenvalue weighted by Gasteiger charge is 2.26. The van der Waals surface area contributed by atoms with Crippen molar-refractivity contribution in [3.05, 3.63) is 41.9 Å². The zero-order chi connectivity index (χ0) is 12.7. The molecule has 0 saturated heterocycles. The molecule has 0 aliphatic carbocycles. The molecule has 1 aliphatic rings. The minimum Gasteiger partial charge on any atom is -0.373 e. The summed E-state index contributed by atoms with van der Waals surface area (Å²) < 4.78 is 5.30. The Balaban J connectivity index is 1.62. The van der Waals surface area contributed by atoms with Crippen molar-refractivity contribution in [2.45, 2.75) is 12.5 Å². The molecule has 4 rings (SSSR count). The molecule has 0 saturated carbocycles. The minimum atomic E-state index is 0.0190. The average molecular weight is 254 g/mol. The van der Waals surface area contributed by atoms with Crippen LogP contribution in [0, 0.1) is 0 Å². The van der Waals surface area contributed by atoms with E-state index in [4.69, 9.17) is 4.52 Å². The van der Waals surface area contributed by atoms with Gasteiger partial charge in [-0.1, -0.05) is 23.4 Å². The number of aromatic nitrogens is 5. The highest BCUT2D eigenvalue weighted by molar-refractivity contribution is 5.57. The van der Waals surface area contributed by atoms with Crippen molar-refractivity contribution >= 4 is 5.69 Å². The zero-order valence-electron chi connectivity index (χ0n) is 9.87. The monoisotopic (exact) mass is 254 g/mol. The number of rotatable bonds is 2. The largest absolute Gasteiger partial charge is 0.373 e. The lowest BCUT2D eigenvalue weighted by Crippen LogP contribution is -2.05. The molecule has 0 radical (unpaired) electrons. The van der Waals surface area contributed by atoms with Crippen molar-refractivity contribution in [2.24, 2.45) is 0 Å². The molecule has 7 heteroatoms. The summed E-state index contributed by atoms with van der Waals surface area (Å²) in [6.07, 6.45) is 2.40. The lowest BCUT2D eigenvalue weighted by Gasteiger charge is -2.04. The van der Waals surface area contributed by atoms with E-state index in [1.165, 1.54) is 5.56 Å². The van der Waals surface area contributed by atoms with Crippen LogP contribution >= 0.6 is 0 Å². The molecule has 94 valence electrons. The van der Waals surface area contributed by atoms with Gasteiger partial charge in [0.25, 0.3) is 0 Å². The second-order valence-corrected chi connectivity index (χ2v) is 4.37. The number of nitrogens with zero attached hydrogens (tertiary/aromatic N) is 4. The second-order valence-electron chi connectivity index (χ2n) is 4.37. The maximum atomic E-state index is 5.30. The predicted octanol–water partition coefficient (Wildman–Crippen LogP) is 1.56. The van der Waals surface area contributed by atoms with E-state index in [2.05, 4.69) is 36.9 Å². The number of H-pyrrole nitrogens is 1. The summed E-state index contributed by atoms with van der Waals surface area (Å²) in [4.78, 5) is 4.35. The van der Waals surface area contributed by atoms with Gasteiger partial charge in [0, 0.05) is 12.1 Å². The lowest BCUT2D eigenvalue weighted by molar-refractivity contribution is 0.364. The quantitative estimate of drug-likeness (QED) is 0.721. The Kier molecular flexibility index (Phi) is 2.11. The Hall–Kier alpha value is -2.70. The van der Waals surface area contributed by atoms with E-state index in [1.54, 1.807) is 6.20 Å². The Morgan fingerprint density at radius 1 is 1.26 bits per heavy atom. The van der Waals surface area contributed by atoms with E-state index in [1.807, 2.05) is 18.2 Å². The zero-order valence-corrected chi connectivity index (χ0v) is 9.87. The topological polar surface area (TPSA) is 92.5 Å². The summed E-state index contributed by atoms with van der Waals surface area (Å²) in [7, 11) is 0. The van der Waals surface area contributed by atoms with E-state index < -0.39 is 0 Å². The van der Waals surface area contributed by atoms with Crippen LogP contribution in [0.2, 0.25) is 0 Å². The Morgan fingerprint density at radius 3 is 3.05 bits per heavy atom. The number of hydrogen-bond donors (Lipinski definition) is 2. The Labute approximate surface area is 108 Å². The molecule has 19 heavy (non-hydrogen) atoms. The molecule has 0 amide bonds. The summed E-state index contributed by atoms with van der Waals surface area (Å²) in [6, 6.07) is 8.19. The molecule has 7 nitrogen and oxygen atoms in total. The van der Waals surface area contributed by atoms with Crippen molar-refractivity contribution in [3.63, 3.8) is 0 Å². The van der Waals surface area contributed by atoms with Crippen LogP contribution in [0.5, 0.6) is 0 Å². The van der Waals surface area contributed by atoms with Crippen LogP contribution in [-0.2, 0) is 6.42 Å². The predicted molar refractivity (Wildman–Crippen MR) is 66.2 cm³/mol. The number of hydrogen-bond acceptors (Lipinski definition) is 6. The Morgan fingerprint density at radius 2 is 2.21 bits per heavy atom. The first-order chi connectivity index (χ1) is 9.40. The van der Waals surface area contributed by atoms with Gasteiger partial charge >= 0.3 is 0 Å². The van der Waals surface area contributed by atoms with Crippen molar-refractivity contribution in [2.75, 3.05) is 5.32 Å². The van der Waals surface area contributed by atoms with Crippen molar-refractivity contribution < 1.29 is 4.52 Å². The van der Waals surface area contributed by atoms with Crippen molar-refractivity contribution in [1.82, 2.24) is 25.6 Å². The van der Waals surface area contributed by atoms with Crippen LogP contribution in [0.3, 0.4) is 0 Å². The first-order valence-corrected chi connectivity index (χ1v) is 5.94. The highest BCUT2D eigenvalue weighted by Crippen LogP contribution is 2.33. The number of nitrogens with one attached hydrogen (secondary N) is 2. The first kappa shape index (κ1) is 10.2. The van der Waals surface area contributed by atoms with Crippen LogP contribution in [0.15, 0.2) is 35.0 Å². The third kappa shape index (κ3) is 1.67. The SMILES string of the molecule is c1ccc2c(c1)C[C@@H](c1nc(-c3cn[nH]n3)no1)N2. The van der Waals surface area contributed by atoms with Gasteiger partial charge in [-0.2, -0.15) is 20.4 Å². The molecule has 2 aromatic heterocycles. The fraction of sp³-hybridized carbons (Fsp3) is 0.167. The Bertz CT molecular complexity index is 680. The summed E-state index contributed by atoms with van der Waals surface area (Å²) >= 11 is 0. The normalized spacial score (nSPS) is 17.2.